The second-order valence-electron chi connectivity index (χ2n) is 5.04. The van der Waals surface area contributed by atoms with Crippen molar-refractivity contribution in [3.8, 4) is 11.4 Å². The fourth-order valence-corrected chi connectivity index (χ4v) is 2.39. The Morgan fingerprint density at radius 2 is 2.20 bits per heavy atom. The van der Waals surface area contributed by atoms with Gasteiger partial charge in [-0.2, -0.15) is 0 Å². The van der Waals surface area contributed by atoms with Crippen LogP contribution in [0, 0.1) is 6.92 Å². The molecule has 4 heteroatoms. The van der Waals surface area contributed by atoms with E-state index in [4.69, 9.17) is 0 Å². The number of hydrogen-bond acceptors (Lipinski definition) is 2. The van der Waals surface area contributed by atoms with E-state index >= 15 is 0 Å². The molecular formula is C16H16FN3. The van der Waals surface area contributed by atoms with Gasteiger partial charge in [0.2, 0.25) is 0 Å². The van der Waals surface area contributed by atoms with Crippen molar-refractivity contribution in [2.75, 3.05) is 0 Å². The Morgan fingerprint density at radius 1 is 1.35 bits per heavy atom. The number of halogens is 1. The van der Waals surface area contributed by atoms with Crippen molar-refractivity contribution in [1.82, 2.24) is 14.5 Å². The fourth-order valence-electron chi connectivity index (χ4n) is 2.39. The lowest BCUT2D eigenvalue weighted by molar-refractivity contribution is 0.402. The highest BCUT2D eigenvalue weighted by Gasteiger charge is 2.17. The summed E-state index contributed by atoms with van der Waals surface area (Å²) in [6, 6.07) is 3.97. The minimum Gasteiger partial charge on any atom is -0.333 e. The van der Waals surface area contributed by atoms with Crippen LogP contribution in [0.5, 0.6) is 0 Å². The number of alkyl halides is 1. The molecule has 1 atom stereocenters. The van der Waals surface area contributed by atoms with E-state index in [-0.39, 0.29) is 0 Å². The molecular weight excluding hydrogens is 253 g/mol. The van der Waals surface area contributed by atoms with E-state index in [0.29, 0.717) is 6.42 Å². The summed E-state index contributed by atoms with van der Waals surface area (Å²) in [7, 11) is 1.94. The highest BCUT2D eigenvalue weighted by molar-refractivity contribution is 5.81. The normalized spacial score (nSPS) is 18.1. The molecule has 20 heavy (non-hydrogen) atoms. The topological polar surface area (TPSA) is 30.7 Å². The van der Waals surface area contributed by atoms with Gasteiger partial charge in [-0.3, -0.25) is 4.98 Å². The van der Waals surface area contributed by atoms with Gasteiger partial charge >= 0.3 is 0 Å². The molecule has 3 nitrogen and oxygen atoms in total. The maximum Gasteiger partial charge on any atom is 0.122 e. The summed E-state index contributed by atoms with van der Waals surface area (Å²) in [4.78, 5) is 8.85. The third kappa shape index (κ3) is 2.29. The molecule has 3 rings (SSSR count). The number of pyridine rings is 1. The molecule has 102 valence electrons. The van der Waals surface area contributed by atoms with Crippen LogP contribution in [0.15, 0.2) is 42.9 Å². The molecule has 0 N–H and O–H groups in total. The second-order valence-corrected chi connectivity index (χ2v) is 5.04. The van der Waals surface area contributed by atoms with Crippen LogP contribution in [-0.4, -0.2) is 20.7 Å². The van der Waals surface area contributed by atoms with Gasteiger partial charge in [-0.25, -0.2) is 9.37 Å². The van der Waals surface area contributed by atoms with E-state index in [9.17, 15) is 4.39 Å². The molecule has 1 aliphatic rings. The van der Waals surface area contributed by atoms with Crippen molar-refractivity contribution in [2.45, 2.75) is 19.5 Å². The van der Waals surface area contributed by atoms with Crippen LogP contribution in [0.1, 0.15) is 17.7 Å². The van der Waals surface area contributed by atoms with Gasteiger partial charge in [0.1, 0.15) is 11.9 Å². The maximum atomic E-state index is 13.2. The fraction of sp³-hybridized carbons (Fsp3) is 0.250. The van der Waals surface area contributed by atoms with Gasteiger partial charge in [0, 0.05) is 19.7 Å². The molecule has 0 spiro atoms. The first-order chi connectivity index (χ1) is 9.65. The largest absolute Gasteiger partial charge is 0.333 e. The third-order valence-electron chi connectivity index (χ3n) is 3.42. The molecule has 0 aliphatic heterocycles. The summed E-state index contributed by atoms with van der Waals surface area (Å²) < 4.78 is 15.2. The van der Waals surface area contributed by atoms with Crippen molar-refractivity contribution in [3.63, 3.8) is 0 Å². The first-order valence-corrected chi connectivity index (χ1v) is 6.62. The van der Waals surface area contributed by atoms with Crippen molar-refractivity contribution < 1.29 is 4.39 Å². The zero-order chi connectivity index (χ0) is 14.1. The van der Waals surface area contributed by atoms with Gasteiger partial charge in [-0.1, -0.05) is 12.2 Å². The molecule has 1 aliphatic carbocycles. The number of aryl methyl sites for hydroxylation is 2. The quantitative estimate of drug-likeness (QED) is 0.835. The molecule has 0 bridgehead atoms. The lowest BCUT2D eigenvalue weighted by atomic mass is 10.0. The van der Waals surface area contributed by atoms with Gasteiger partial charge in [0.25, 0.3) is 0 Å². The molecule has 0 amide bonds. The Balaban J connectivity index is 2.09. The first kappa shape index (κ1) is 12.8. The number of imidazole rings is 1. The lowest BCUT2D eigenvalue weighted by Crippen LogP contribution is -2.02. The van der Waals surface area contributed by atoms with Crippen molar-refractivity contribution in [1.29, 1.82) is 0 Å². The minimum atomic E-state index is -0.882. The Bertz CT molecular complexity index is 697. The molecule has 0 radical (unpaired) electrons. The predicted octanol–water partition coefficient (Wildman–Crippen LogP) is 3.47. The van der Waals surface area contributed by atoms with Crippen LogP contribution >= 0.6 is 0 Å². The SMILES string of the molecule is Cc1ccnc(-c2ncn(C)c2C2=CCC(F)C=C2)c1. The molecule has 1 unspecified atom stereocenters. The van der Waals surface area contributed by atoms with Crippen molar-refractivity contribution in [3.05, 3.63) is 54.1 Å². The molecule has 0 saturated carbocycles. The molecule has 2 aromatic rings. The van der Waals surface area contributed by atoms with Gasteiger partial charge in [0.05, 0.1) is 17.7 Å². The van der Waals surface area contributed by atoms with Crippen LogP contribution in [0.3, 0.4) is 0 Å². The smallest absolute Gasteiger partial charge is 0.122 e. The number of aromatic nitrogens is 3. The van der Waals surface area contributed by atoms with Crippen LogP contribution in [0.25, 0.3) is 17.0 Å². The maximum absolute atomic E-state index is 13.2. The standard InChI is InChI=1S/C16H16FN3/c1-11-7-8-18-14(9-11)15-16(20(2)10-19-15)12-3-5-13(17)6-4-12/h3-5,7-10,13H,6H2,1-2H3. The average Bonchev–Trinajstić information content (AvgIpc) is 2.82. The van der Waals surface area contributed by atoms with E-state index in [1.807, 2.05) is 42.8 Å². The third-order valence-corrected chi connectivity index (χ3v) is 3.42. The van der Waals surface area contributed by atoms with Crippen LogP contribution in [-0.2, 0) is 7.05 Å². The monoisotopic (exact) mass is 269 g/mol. The summed E-state index contributed by atoms with van der Waals surface area (Å²) in [6.45, 7) is 2.03. The van der Waals surface area contributed by atoms with E-state index in [1.165, 1.54) is 0 Å². The predicted molar refractivity (Wildman–Crippen MR) is 77.8 cm³/mol. The van der Waals surface area contributed by atoms with Gasteiger partial charge in [-0.05, 0) is 36.3 Å². The average molecular weight is 269 g/mol. The summed E-state index contributed by atoms with van der Waals surface area (Å²) in [6.07, 6.45) is 8.42. The molecule has 0 fully saturated rings. The summed E-state index contributed by atoms with van der Waals surface area (Å²) in [5.41, 5.74) is 4.80. The van der Waals surface area contributed by atoms with Crippen molar-refractivity contribution in [2.24, 2.45) is 7.05 Å². The van der Waals surface area contributed by atoms with Gasteiger partial charge in [0.15, 0.2) is 0 Å². The van der Waals surface area contributed by atoms with Crippen LogP contribution in [0.2, 0.25) is 0 Å². The summed E-state index contributed by atoms with van der Waals surface area (Å²) >= 11 is 0. The van der Waals surface area contributed by atoms with Gasteiger partial charge < -0.3 is 4.57 Å². The van der Waals surface area contributed by atoms with E-state index < -0.39 is 6.17 Å². The van der Waals surface area contributed by atoms with Crippen LogP contribution < -0.4 is 0 Å². The molecule has 2 heterocycles. The number of nitrogens with zero attached hydrogens (tertiary/aromatic N) is 3. The molecule has 2 aromatic heterocycles. The first-order valence-electron chi connectivity index (χ1n) is 6.62. The zero-order valence-corrected chi connectivity index (χ0v) is 11.5. The van der Waals surface area contributed by atoms with E-state index in [1.54, 1.807) is 18.6 Å². The van der Waals surface area contributed by atoms with E-state index in [2.05, 4.69) is 9.97 Å². The second kappa shape index (κ2) is 5.04. The Labute approximate surface area is 117 Å². The van der Waals surface area contributed by atoms with Gasteiger partial charge in [-0.15, -0.1) is 0 Å². The zero-order valence-electron chi connectivity index (χ0n) is 11.5. The number of allylic oxidation sites excluding steroid dienone is 4. The highest BCUT2D eigenvalue weighted by atomic mass is 19.1. The van der Waals surface area contributed by atoms with E-state index in [0.717, 1.165) is 28.2 Å². The number of rotatable bonds is 2. The van der Waals surface area contributed by atoms with Crippen molar-refractivity contribution >= 4 is 5.57 Å². The summed E-state index contributed by atoms with van der Waals surface area (Å²) in [5.74, 6) is 0. The Kier molecular flexibility index (Phi) is 3.22. The Morgan fingerprint density at radius 3 is 2.90 bits per heavy atom. The Hall–Kier alpha value is -2.23. The molecule has 0 saturated heterocycles. The molecule has 0 aromatic carbocycles. The lowest BCUT2D eigenvalue weighted by Gasteiger charge is -2.12. The summed E-state index contributed by atoms with van der Waals surface area (Å²) in [5, 5.41) is 0. The van der Waals surface area contributed by atoms with Crippen LogP contribution in [0.4, 0.5) is 4.39 Å². The number of hydrogen-bond donors (Lipinski definition) is 0. The highest BCUT2D eigenvalue weighted by Crippen LogP contribution is 2.30. The minimum absolute atomic E-state index is 0.414.